The van der Waals surface area contributed by atoms with Gasteiger partial charge in [-0.1, -0.05) is 46.3 Å². The van der Waals surface area contributed by atoms with Crippen molar-refractivity contribution in [1.82, 2.24) is 4.90 Å². The maximum atomic E-state index is 3.58. The molecule has 2 aliphatic heterocycles. The highest BCUT2D eigenvalue weighted by Gasteiger charge is 2.45. The largest absolute Gasteiger partial charge is 0.284 e. The van der Waals surface area contributed by atoms with Crippen molar-refractivity contribution in [1.29, 1.82) is 0 Å². The highest BCUT2D eigenvalue weighted by Crippen LogP contribution is 2.55. The number of fused-ring (bicyclic) bond motifs is 8. The standard InChI is InChI=1S/C15H12BrN/c1-17-14-10-4-2-3-5-11(10)15(17)13-8-9(16)6-7-12(13)14/h2-8,14-15H,1H3. The Morgan fingerprint density at radius 2 is 1.47 bits per heavy atom. The van der Waals surface area contributed by atoms with Crippen LogP contribution in [0.15, 0.2) is 46.9 Å². The van der Waals surface area contributed by atoms with Crippen LogP contribution in [0.2, 0.25) is 0 Å². The highest BCUT2D eigenvalue weighted by molar-refractivity contribution is 9.10. The molecule has 0 amide bonds. The summed E-state index contributed by atoms with van der Waals surface area (Å²) in [7, 11) is 2.23. The van der Waals surface area contributed by atoms with Crippen molar-refractivity contribution in [3.05, 3.63) is 69.2 Å². The van der Waals surface area contributed by atoms with Crippen LogP contribution in [0.25, 0.3) is 0 Å². The predicted octanol–water partition coefficient (Wildman–Crippen LogP) is 3.89. The van der Waals surface area contributed by atoms with Gasteiger partial charge in [0.2, 0.25) is 0 Å². The first-order valence-electron chi connectivity index (χ1n) is 5.87. The van der Waals surface area contributed by atoms with Gasteiger partial charge in [-0.2, -0.15) is 0 Å². The van der Waals surface area contributed by atoms with E-state index in [4.69, 9.17) is 0 Å². The number of rotatable bonds is 0. The third-order valence-electron chi connectivity index (χ3n) is 4.04. The van der Waals surface area contributed by atoms with E-state index < -0.39 is 0 Å². The molecule has 0 saturated heterocycles. The van der Waals surface area contributed by atoms with E-state index in [1.54, 1.807) is 0 Å². The maximum Gasteiger partial charge on any atom is 0.0614 e. The first-order valence-corrected chi connectivity index (χ1v) is 6.67. The van der Waals surface area contributed by atoms with Gasteiger partial charge in [-0.3, -0.25) is 4.90 Å². The minimum atomic E-state index is 0.448. The number of benzene rings is 2. The van der Waals surface area contributed by atoms with Crippen LogP contribution in [0.4, 0.5) is 0 Å². The van der Waals surface area contributed by atoms with Gasteiger partial charge in [0, 0.05) is 4.47 Å². The SMILES string of the molecule is CN1C2c3ccccc3C1c1cc(Br)ccc12. The molecule has 0 radical (unpaired) electrons. The van der Waals surface area contributed by atoms with Gasteiger partial charge in [-0.05, 0) is 41.4 Å². The summed E-state index contributed by atoms with van der Waals surface area (Å²) in [6, 6.07) is 16.4. The molecule has 0 fully saturated rings. The molecule has 2 aliphatic rings. The van der Waals surface area contributed by atoms with E-state index in [0.29, 0.717) is 12.1 Å². The van der Waals surface area contributed by atoms with Crippen molar-refractivity contribution < 1.29 is 0 Å². The molecule has 2 heterocycles. The lowest BCUT2D eigenvalue weighted by Crippen LogP contribution is -2.14. The van der Waals surface area contributed by atoms with Gasteiger partial charge in [-0.25, -0.2) is 0 Å². The van der Waals surface area contributed by atoms with Crippen LogP contribution in [0.3, 0.4) is 0 Å². The van der Waals surface area contributed by atoms with Gasteiger partial charge in [0.25, 0.3) is 0 Å². The fourth-order valence-electron chi connectivity index (χ4n) is 3.40. The van der Waals surface area contributed by atoms with Gasteiger partial charge in [0.05, 0.1) is 12.1 Å². The van der Waals surface area contributed by atoms with Crippen molar-refractivity contribution in [2.75, 3.05) is 7.05 Å². The third kappa shape index (κ3) is 1.12. The fourth-order valence-corrected chi connectivity index (χ4v) is 3.78. The van der Waals surface area contributed by atoms with E-state index in [1.807, 2.05) is 0 Å². The summed E-state index contributed by atoms with van der Waals surface area (Å²) in [5.74, 6) is 0. The molecule has 0 spiro atoms. The summed E-state index contributed by atoms with van der Waals surface area (Å²) in [5, 5.41) is 0. The van der Waals surface area contributed by atoms with Crippen LogP contribution in [0.5, 0.6) is 0 Å². The lowest BCUT2D eigenvalue weighted by Gasteiger charge is -2.17. The molecule has 1 nitrogen and oxygen atoms in total. The second-order valence-electron chi connectivity index (χ2n) is 4.87. The first-order chi connectivity index (χ1) is 8.27. The van der Waals surface area contributed by atoms with Crippen LogP contribution in [-0.4, -0.2) is 11.9 Å². The maximum absolute atomic E-state index is 3.58. The predicted molar refractivity (Wildman–Crippen MR) is 72.0 cm³/mol. The van der Waals surface area contributed by atoms with Crippen molar-refractivity contribution >= 4 is 15.9 Å². The van der Waals surface area contributed by atoms with Gasteiger partial charge in [0.15, 0.2) is 0 Å². The highest BCUT2D eigenvalue weighted by atomic mass is 79.9. The van der Waals surface area contributed by atoms with Crippen LogP contribution in [-0.2, 0) is 0 Å². The van der Waals surface area contributed by atoms with Crippen molar-refractivity contribution in [2.45, 2.75) is 12.1 Å². The molecule has 2 heteroatoms. The van der Waals surface area contributed by atoms with Crippen LogP contribution in [0.1, 0.15) is 34.3 Å². The van der Waals surface area contributed by atoms with E-state index in [2.05, 4.69) is 70.3 Å². The Kier molecular flexibility index (Phi) is 1.86. The molecule has 2 aromatic rings. The van der Waals surface area contributed by atoms with Crippen molar-refractivity contribution in [2.24, 2.45) is 0 Å². The van der Waals surface area contributed by atoms with E-state index in [9.17, 15) is 0 Å². The lowest BCUT2D eigenvalue weighted by atomic mass is 9.86. The normalized spacial score (nSPS) is 24.8. The first kappa shape index (κ1) is 9.86. The molecule has 0 aliphatic carbocycles. The number of hydrogen-bond acceptors (Lipinski definition) is 1. The summed E-state index contributed by atoms with van der Waals surface area (Å²) in [6.45, 7) is 0. The topological polar surface area (TPSA) is 3.24 Å². The summed E-state index contributed by atoms with van der Waals surface area (Å²) in [5.41, 5.74) is 5.89. The molecule has 0 aromatic heterocycles. The second-order valence-corrected chi connectivity index (χ2v) is 5.79. The minimum Gasteiger partial charge on any atom is -0.284 e. The molecule has 0 saturated carbocycles. The fraction of sp³-hybridized carbons (Fsp3) is 0.200. The van der Waals surface area contributed by atoms with E-state index >= 15 is 0 Å². The average Bonchev–Trinajstić information content (AvgIpc) is 2.77. The number of nitrogens with zero attached hydrogens (tertiary/aromatic N) is 1. The van der Waals surface area contributed by atoms with Crippen LogP contribution >= 0.6 is 15.9 Å². The zero-order valence-corrected chi connectivity index (χ0v) is 11.1. The smallest absolute Gasteiger partial charge is 0.0614 e. The van der Waals surface area contributed by atoms with Crippen molar-refractivity contribution in [3.63, 3.8) is 0 Å². The number of halogens is 1. The van der Waals surface area contributed by atoms with E-state index in [1.165, 1.54) is 26.7 Å². The monoisotopic (exact) mass is 285 g/mol. The molecule has 2 unspecified atom stereocenters. The third-order valence-corrected chi connectivity index (χ3v) is 4.53. The molecule has 2 atom stereocenters. The van der Waals surface area contributed by atoms with Crippen LogP contribution < -0.4 is 0 Å². The molecule has 84 valence electrons. The lowest BCUT2D eigenvalue weighted by molar-refractivity contribution is 0.297. The zero-order chi connectivity index (χ0) is 11.6. The Labute approximate surface area is 109 Å². The van der Waals surface area contributed by atoms with Gasteiger partial charge in [-0.15, -0.1) is 0 Å². The molecule has 2 aromatic carbocycles. The summed E-state index contributed by atoms with van der Waals surface area (Å²) in [4.78, 5) is 2.47. The Morgan fingerprint density at radius 1 is 0.882 bits per heavy atom. The van der Waals surface area contributed by atoms with E-state index in [-0.39, 0.29) is 0 Å². The average molecular weight is 286 g/mol. The molecule has 4 rings (SSSR count). The Hall–Kier alpha value is -1.12. The summed E-state index contributed by atoms with van der Waals surface area (Å²) in [6.07, 6.45) is 0. The molecule has 17 heavy (non-hydrogen) atoms. The second kappa shape index (κ2) is 3.21. The molecular formula is C15H12BrN. The van der Waals surface area contributed by atoms with E-state index in [0.717, 1.165) is 0 Å². The Balaban J connectivity index is 2.02. The van der Waals surface area contributed by atoms with Gasteiger partial charge in [0.1, 0.15) is 0 Å². The molecular weight excluding hydrogens is 274 g/mol. The van der Waals surface area contributed by atoms with Gasteiger partial charge < -0.3 is 0 Å². The van der Waals surface area contributed by atoms with Gasteiger partial charge >= 0.3 is 0 Å². The number of hydrogen-bond donors (Lipinski definition) is 0. The molecule has 2 bridgehead atoms. The van der Waals surface area contributed by atoms with Crippen molar-refractivity contribution in [3.8, 4) is 0 Å². The minimum absolute atomic E-state index is 0.448. The quantitative estimate of drug-likeness (QED) is 0.710. The molecule has 0 N–H and O–H groups in total. The van der Waals surface area contributed by atoms with Crippen LogP contribution in [0, 0.1) is 0 Å². The summed E-state index contributed by atoms with van der Waals surface area (Å²) >= 11 is 3.58. The summed E-state index contributed by atoms with van der Waals surface area (Å²) < 4.78 is 1.18. The zero-order valence-electron chi connectivity index (χ0n) is 9.52. The Bertz CT molecular complexity index is 620. The Morgan fingerprint density at radius 3 is 2.18 bits per heavy atom.